The van der Waals surface area contributed by atoms with Crippen molar-refractivity contribution in [3.63, 3.8) is 0 Å². The fourth-order valence-corrected chi connectivity index (χ4v) is 2.21. The minimum absolute atomic E-state index is 0.0342. The van der Waals surface area contributed by atoms with E-state index in [0.717, 1.165) is 16.9 Å². The molecule has 2 aromatic rings. The number of nitrogens with zero attached hydrogens (tertiary/aromatic N) is 2. The number of rotatable bonds is 6. The zero-order valence-corrected chi connectivity index (χ0v) is 12.6. The van der Waals surface area contributed by atoms with E-state index in [-0.39, 0.29) is 5.92 Å². The Labute approximate surface area is 124 Å². The van der Waals surface area contributed by atoms with Crippen LogP contribution in [-0.4, -0.2) is 26.9 Å². The topological polar surface area (TPSA) is 67.2 Å². The third-order valence-electron chi connectivity index (χ3n) is 3.47. The fourth-order valence-electron chi connectivity index (χ4n) is 2.21. The molecule has 0 fully saturated rings. The van der Waals surface area contributed by atoms with E-state index in [2.05, 4.69) is 10.4 Å². The zero-order valence-electron chi connectivity index (χ0n) is 12.6. The summed E-state index contributed by atoms with van der Waals surface area (Å²) in [6, 6.07) is 9.30. The summed E-state index contributed by atoms with van der Waals surface area (Å²) < 4.78 is 1.82. The van der Waals surface area contributed by atoms with Gasteiger partial charge in [0.15, 0.2) is 0 Å². The number of carbonyl (C=O) groups is 1. The van der Waals surface area contributed by atoms with Crippen molar-refractivity contribution in [3.05, 3.63) is 47.8 Å². The molecule has 0 amide bonds. The number of carboxylic acid groups (broad SMARTS) is 1. The SMILES string of the molecule is Cc1nn(-c2ccccc2)cc1CN[C@@H](C(=O)O)C(C)C. The van der Waals surface area contributed by atoms with Gasteiger partial charge in [0.05, 0.1) is 11.4 Å². The first-order valence-electron chi connectivity index (χ1n) is 7.05. The van der Waals surface area contributed by atoms with Crippen molar-refractivity contribution in [1.29, 1.82) is 0 Å². The van der Waals surface area contributed by atoms with E-state index in [1.54, 1.807) is 0 Å². The average molecular weight is 287 g/mol. The van der Waals surface area contributed by atoms with E-state index in [0.29, 0.717) is 6.54 Å². The van der Waals surface area contributed by atoms with Gasteiger partial charge in [0.25, 0.3) is 0 Å². The predicted molar refractivity (Wildman–Crippen MR) is 81.4 cm³/mol. The third-order valence-corrected chi connectivity index (χ3v) is 3.47. The van der Waals surface area contributed by atoms with Crippen molar-refractivity contribution in [3.8, 4) is 5.69 Å². The van der Waals surface area contributed by atoms with Gasteiger partial charge in [-0.3, -0.25) is 10.1 Å². The summed E-state index contributed by atoms with van der Waals surface area (Å²) in [5, 5.41) is 16.8. The van der Waals surface area contributed by atoms with Crippen LogP contribution in [0.25, 0.3) is 5.69 Å². The Hall–Kier alpha value is -2.14. The maximum Gasteiger partial charge on any atom is 0.320 e. The summed E-state index contributed by atoms with van der Waals surface area (Å²) in [5.74, 6) is -0.787. The molecule has 0 saturated heterocycles. The summed E-state index contributed by atoms with van der Waals surface area (Å²) in [5.41, 5.74) is 2.90. The lowest BCUT2D eigenvalue weighted by atomic mass is 10.0. The molecule has 0 aliphatic carbocycles. The molecule has 0 radical (unpaired) electrons. The van der Waals surface area contributed by atoms with Crippen LogP contribution < -0.4 is 5.32 Å². The van der Waals surface area contributed by atoms with Crippen molar-refractivity contribution in [2.24, 2.45) is 5.92 Å². The first kappa shape index (κ1) is 15.3. The number of aryl methyl sites for hydroxylation is 1. The van der Waals surface area contributed by atoms with Gasteiger partial charge in [0, 0.05) is 18.3 Å². The van der Waals surface area contributed by atoms with Gasteiger partial charge in [0.1, 0.15) is 6.04 Å². The van der Waals surface area contributed by atoms with Crippen LogP contribution in [0.1, 0.15) is 25.1 Å². The summed E-state index contributed by atoms with van der Waals surface area (Å²) in [7, 11) is 0. The summed E-state index contributed by atoms with van der Waals surface area (Å²) >= 11 is 0. The summed E-state index contributed by atoms with van der Waals surface area (Å²) in [6.07, 6.45) is 1.94. The second kappa shape index (κ2) is 6.54. The van der Waals surface area contributed by atoms with E-state index in [1.165, 1.54) is 0 Å². The highest BCUT2D eigenvalue weighted by molar-refractivity contribution is 5.73. The number of hydrogen-bond donors (Lipinski definition) is 2. The standard InChI is InChI=1S/C16H21N3O2/c1-11(2)15(16(20)21)17-9-13-10-19(18-12(13)3)14-7-5-4-6-8-14/h4-8,10-11,15,17H,9H2,1-3H3,(H,20,21)/t15-/m1/s1. The highest BCUT2D eigenvalue weighted by Crippen LogP contribution is 2.12. The van der Waals surface area contributed by atoms with E-state index in [9.17, 15) is 9.90 Å². The molecule has 0 aliphatic rings. The van der Waals surface area contributed by atoms with Crippen molar-refractivity contribution < 1.29 is 9.90 Å². The first-order chi connectivity index (χ1) is 9.99. The van der Waals surface area contributed by atoms with Gasteiger partial charge in [-0.25, -0.2) is 4.68 Å². The zero-order chi connectivity index (χ0) is 15.4. The Morgan fingerprint density at radius 1 is 1.33 bits per heavy atom. The number of nitrogens with one attached hydrogen (secondary N) is 1. The molecule has 0 unspecified atom stereocenters. The molecule has 1 heterocycles. The van der Waals surface area contributed by atoms with Crippen LogP contribution in [0, 0.1) is 12.8 Å². The van der Waals surface area contributed by atoms with Crippen molar-refractivity contribution in [2.45, 2.75) is 33.4 Å². The van der Waals surface area contributed by atoms with E-state index < -0.39 is 12.0 Å². The highest BCUT2D eigenvalue weighted by atomic mass is 16.4. The average Bonchev–Trinajstić information content (AvgIpc) is 2.81. The largest absolute Gasteiger partial charge is 0.480 e. The lowest BCUT2D eigenvalue weighted by Crippen LogP contribution is -2.40. The molecular weight excluding hydrogens is 266 g/mol. The normalized spacial score (nSPS) is 12.6. The molecule has 2 N–H and O–H groups in total. The predicted octanol–water partition coefficient (Wildman–Crippen LogP) is 2.38. The van der Waals surface area contributed by atoms with Gasteiger partial charge in [0.2, 0.25) is 0 Å². The second-order valence-corrected chi connectivity index (χ2v) is 5.46. The molecule has 21 heavy (non-hydrogen) atoms. The molecule has 5 nitrogen and oxygen atoms in total. The maximum atomic E-state index is 11.2. The highest BCUT2D eigenvalue weighted by Gasteiger charge is 2.21. The van der Waals surface area contributed by atoms with Crippen LogP contribution in [0.5, 0.6) is 0 Å². The number of aromatic nitrogens is 2. The second-order valence-electron chi connectivity index (χ2n) is 5.46. The molecule has 0 spiro atoms. The lowest BCUT2D eigenvalue weighted by molar-refractivity contribution is -0.140. The van der Waals surface area contributed by atoms with Gasteiger partial charge < -0.3 is 5.11 Å². The number of aliphatic carboxylic acids is 1. The molecule has 1 atom stereocenters. The molecule has 112 valence electrons. The molecule has 0 aliphatic heterocycles. The van der Waals surface area contributed by atoms with Crippen LogP contribution in [0.3, 0.4) is 0 Å². The van der Waals surface area contributed by atoms with Crippen LogP contribution in [-0.2, 0) is 11.3 Å². The van der Waals surface area contributed by atoms with Gasteiger partial charge in [-0.2, -0.15) is 5.10 Å². The first-order valence-corrected chi connectivity index (χ1v) is 7.05. The fraction of sp³-hybridized carbons (Fsp3) is 0.375. The summed E-state index contributed by atoms with van der Waals surface area (Å²) in [4.78, 5) is 11.2. The molecule has 5 heteroatoms. The Balaban J connectivity index is 2.11. The number of benzene rings is 1. The number of carboxylic acids is 1. The quantitative estimate of drug-likeness (QED) is 0.856. The third kappa shape index (κ3) is 3.70. The van der Waals surface area contributed by atoms with Crippen LogP contribution in [0.15, 0.2) is 36.5 Å². The van der Waals surface area contributed by atoms with Gasteiger partial charge >= 0.3 is 5.97 Å². The number of hydrogen-bond acceptors (Lipinski definition) is 3. The molecule has 0 saturated carbocycles. The van der Waals surface area contributed by atoms with E-state index in [1.807, 2.05) is 62.0 Å². The monoisotopic (exact) mass is 287 g/mol. The number of para-hydroxylation sites is 1. The molecular formula is C16H21N3O2. The summed E-state index contributed by atoms with van der Waals surface area (Å²) in [6.45, 7) is 6.22. The Bertz CT molecular complexity index is 605. The van der Waals surface area contributed by atoms with Crippen molar-refractivity contribution in [1.82, 2.24) is 15.1 Å². The molecule has 2 rings (SSSR count). The maximum absolute atomic E-state index is 11.2. The van der Waals surface area contributed by atoms with Crippen LogP contribution in [0.2, 0.25) is 0 Å². The molecule has 0 bridgehead atoms. The van der Waals surface area contributed by atoms with Gasteiger partial charge in [-0.05, 0) is 25.0 Å². The Morgan fingerprint density at radius 2 is 2.00 bits per heavy atom. The Morgan fingerprint density at radius 3 is 2.57 bits per heavy atom. The Kier molecular flexibility index (Phi) is 4.75. The van der Waals surface area contributed by atoms with Gasteiger partial charge in [-0.1, -0.05) is 32.0 Å². The molecule has 1 aromatic heterocycles. The van der Waals surface area contributed by atoms with Crippen molar-refractivity contribution >= 4 is 5.97 Å². The van der Waals surface area contributed by atoms with Gasteiger partial charge in [-0.15, -0.1) is 0 Å². The van der Waals surface area contributed by atoms with Crippen LogP contribution >= 0.6 is 0 Å². The van der Waals surface area contributed by atoms with E-state index in [4.69, 9.17) is 0 Å². The molecule has 1 aromatic carbocycles. The smallest absolute Gasteiger partial charge is 0.320 e. The lowest BCUT2D eigenvalue weighted by Gasteiger charge is -2.17. The minimum atomic E-state index is -0.821. The van der Waals surface area contributed by atoms with Crippen LogP contribution in [0.4, 0.5) is 0 Å². The minimum Gasteiger partial charge on any atom is -0.480 e. The van der Waals surface area contributed by atoms with Crippen molar-refractivity contribution in [2.75, 3.05) is 0 Å². The van der Waals surface area contributed by atoms with E-state index >= 15 is 0 Å².